The van der Waals surface area contributed by atoms with Gasteiger partial charge in [0.15, 0.2) is 5.96 Å². The van der Waals surface area contributed by atoms with Crippen LogP contribution in [0.4, 0.5) is 0 Å². The molecular formula is C21H40IN3O3. The van der Waals surface area contributed by atoms with Crippen LogP contribution in [-0.4, -0.2) is 75.7 Å². The summed E-state index contributed by atoms with van der Waals surface area (Å²) in [6.07, 6.45) is 13.5. The minimum Gasteiger partial charge on any atom is -0.376 e. The van der Waals surface area contributed by atoms with Crippen LogP contribution in [0.1, 0.15) is 64.2 Å². The SMILES string of the molecule is CN=C(NCCOC1CCCCCC1)N1CCC(OCC2CCCO2)CC1.I. The van der Waals surface area contributed by atoms with Crippen LogP contribution < -0.4 is 5.32 Å². The van der Waals surface area contributed by atoms with Crippen molar-refractivity contribution in [1.29, 1.82) is 0 Å². The minimum absolute atomic E-state index is 0. The number of nitrogens with one attached hydrogen (secondary N) is 1. The van der Waals surface area contributed by atoms with Gasteiger partial charge in [0.1, 0.15) is 0 Å². The molecule has 28 heavy (non-hydrogen) atoms. The normalized spacial score (nSPS) is 25.4. The summed E-state index contributed by atoms with van der Waals surface area (Å²) >= 11 is 0. The van der Waals surface area contributed by atoms with E-state index in [1.54, 1.807) is 0 Å². The molecule has 164 valence electrons. The van der Waals surface area contributed by atoms with Gasteiger partial charge in [-0.3, -0.25) is 4.99 Å². The lowest BCUT2D eigenvalue weighted by atomic mass is 10.1. The Kier molecular flexibility index (Phi) is 12.1. The number of hydrogen-bond acceptors (Lipinski definition) is 4. The summed E-state index contributed by atoms with van der Waals surface area (Å²) in [6, 6.07) is 0. The van der Waals surface area contributed by atoms with Crippen molar-refractivity contribution in [1.82, 2.24) is 10.2 Å². The average Bonchev–Trinajstić information content (AvgIpc) is 3.09. The van der Waals surface area contributed by atoms with E-state index in [0.717, 1.165) is 64.7 Å². The van der Waals surface area contributed by atoms with Gasteiger partial charge >= 0.3 is 0 Å². The molecule has 1 atom stereocenters. The van der Waals surface area contributed by atoms with Crippen LogP contribution in [0.3, 0.4) is 0 Å². The summed E-state index contributed by atoms with van der Waals surface area (Å²) in [6.45, 7) is 5.26. The molecule has 0 aromatic carbocycles. The Morgan fingerprint density at radius 2 is 1.68 bits per heavy atom. The molecule has 2 aliphatic heterocycles. The van der Waals surface area contributed by atoms with E-state index in [4.69, 9.17) is 14.2 Å². The van der Waals surface area contributed by atoms with Crippen molar-refractivity contribution in [2.24, 2.45) is 4.99 Å². The van der Waals surface area contributed by atoms with Gasteiger partial charge in [-0.2, -0.15) is 0 Å². The highest BCUT2D eigenvalue weighted by atomic mass is 127. The molecular weight excluding hydrogens is 469 g/mol. The zero-order valence-corrected chi connectivity index (χ0v) is 19.9. The van der Waals surface area contributed by atoms with Gasteiger partial charge in [-0.05, 0) is 38.5 Å². The molecule has 3 fully saturated rings. The van der Waals surface area contributed by atoms with Crippen LogP contribution in [0.5, 0.6) is 0 Å². The zero-order chi connectivity index (χ0) is 18.7. The molecule has 3 aliphatic rings. The Morgan fingerprint density at radius 3 is 2.32 bits per heavy atom. The van der Waals surface area contributed by atoms with Crippen molar-refractivity contribution < 1.29 is 14.2 Å². The van der Waals surface area contributed by atoms with E-state index in [-0.39, 0.29) is 24.0 Å². The van der Waals surface area contributed by atoms with E-state index < -0.39 is 0 Å². The first kappa shape index (κ1) is 24.2. The van der Waals surface area contributed by atoms with Crippen LogP contribution in [0.2, 0.25) is 0 Å². The van der Waals surface area contributed by atoms with Crippen molar-refractivity contribution in [2.45, 2.75) is 82.5 Å². The average molecular weight is 509 g/mol. The fourth-order valence-corrected chi connectivity index (χ4v) is 4.38. The van der Waals surface area contributed by atoms with Crippen LogP contribution in [-0.2, 0) is 14.2 Å². The number of likely N-dealkylation sites (tertiary alicyclic amines) is 1. The number of aliphatic imine (C=N–C) groups is 1. The first-order valence-corrected chi connectivity index (χ1v) is 11.2. The van der Waals surface area contributed by atoms with Gasteiger partial charge < -0.3 is 24.4 Å². The molecule has 0 bridgehead atoms. The summed E-state index contributed by atoms with van der Waals surface area (Å²) in [5.74, 6) is 0.997. The molecule has 0 radical (unpaired) electrons. The summed E-state index contributed by atoms with van der Waals surface area (Å²) in [4.78, 5) is 6.81. The molecule has 2 saturated heterocycles. The largest absolute Gasteiger partial charge is 0.376 e. The fraction of sp³-hybridized carbons (Fsp3) is 0.952. The Hall–Kier alpha value is -0.120. The van der Waals surface area contributed by atoms with Crippen LogP contribution in [0.15, 0.2) is 4.99 Å². The maximum absolute atomic E-state index is 6.08. The summed E-state index contributed by atoms with van der Waals surface area (Å²) in [5.41, 5.74) is 0. The molecule has 0 aromatic heterocycles. The number of ether oxygens (including phenoxy) is 3. The first-order chi connectivity index (χ1) is 13.3. The van der Waals surface area contributed by atoms with Gasteiger partial charge in [-0.25, -0.2) is 0 Å². The van der Waals surface area contributed by atoms with Gasteiger partial charge in [-0.1, -0.05) is 25.7 Å². The lowest BCUT2D eigenvalue weighted by molar-refractivity contribution is -0.0367. The Balaban J connectivity index is 0.00000280. The highest BCUT2D eigenvalue weighted by molar-refractivity contribution is 14.0. The first-order valence-electron chi connectivity index (χ1n) is 11.2. The Bertz CT molecular complexity index is 431. The van der Waals surface area contributed by atoms with Gasteiger partial charge in [0.05, 0.1) is 31.5 Å². The molecule has 0 aromatic rings. The number of nitrogens with zero attached hydrogens (tertiary/aromatic N) is 2. The smallest absolute Gasteiger partial charge is 0.193 e. The number of piperidine rings is 1. The predicted octanol–water partition coefficient (Wildman–Crippen LogP) is 3.58. The maximum atomic E-state index is 6.08. The highest BCUT2D eigenvalue weighted by Gasteiger charge is 2.24. The molecule has 1 saturated carbocycles. The molecule has 0 spiro atoms. The third-order valence-electron chi connectivity index (χ3n) is 6.04. The molecule has 3 rings (SSSR count). The van der Waals surface area contributed by atoms with Crippen molar-refractivity contribution in [2.75, 3.05) is 46.5 Å². The standard InChI is InChI=1S/C21H39N3O3.HI/c1-22-21(23-12-16-26-18-7-4-2-3-5-8-18)24-13-10-19(11-14-24)27-17-20-9-6-15-25-20;/h18-20H,2-17H2,1H3,(H,22,23);1H. The van der Waals surface area contributed by atoms with E-state index in [2.05, 4.69) is 15.2 Å². The Labute approximate surface area is 188 Å². The van der Waals surface area contributed by atoms with Crippen molar-refractivity contribution in [3.8, 4) is 0 Å². The van der Waals surface area contributed by atoms with E-state index in [9.17, 15) is 0 Å². The summed E-state index contributed by atoms with van der Waals surface area (Å²) < 4.78 is 17.8. The lowest BCUT2D eigenvalue weighted by Gasteiger charge is -2.34. The van der Waals surface area contributed by atoms with Crippen LogP contribution in [0.25, 0.3) is 0 Å². The van der Waals surface area contributed by atoms with Crippen LogP contribution in [0, 0.1) is 0 Å². The molecule has 1 unspecified atom stereocenters. The number of guanidine groups is 1. The fourth-order valence-electron chi connectivity index (χ4n) is 4.38. The summed E-state index contributed by atoms with van der Waals surface area (Å²) in [7, 11) is 1.87. The zero-order valence-electron chi connectivity index (χ0n) is 17.6. The van der Waals surface area contributed by atoms with Gasteiger partial charge in [0.2, 0.25) is 0 Å². The minimum atomic E-state index is 0. The van der Waals surface area contributed by atoms with E-state index in [1.807, 2.05) is 7.05 Å². The van der Waals surface area contributed by atoms with Gasteiger partial charge in [0.25, 0.3) is 0 Å². The number of rotatable bonds is 7. The second-order valence-electron chi connectivity index (χ2n) is 8.11. The van der Waals surface area contributed by atoms with E-state index in [1.165, 1.54) is 44.9 Å². The van der Waals surface area contributed by atoms with Crippen molar-refractivity contribution in [3.63, 3.8) is 0 Å². The lowest BCUT2D eigenvalue weighted by Crippen LogP contribution is -2.48. The van der Waals surface area contributed by atoms with Gasteiger partial charge in [0, 0.05) is 33.3 Å². The molecule has 1 aliphatic carbocycles. The Morgan fingerprint density at radius 1 is 0.964 bits per heavy atom. The molecule has 7 heteroatoms. The van der Waals surface area contributed by atoms with Crippen molar-refractivity contribution in [3.05, 3.63) is 0 Å². The molecule has 0 amide bonds. The van der Waals surface area contributed by atoms with E-state index in [0.29, 0.717) is 18.3 Å². The maximum Gasteiger partial charge on any atom is 0.193 e. The predicted molar refractivity (Wildman–Crippen MR) is 124 cm³/mol. The molecule has 1 N–H and O–H groups in total. The van der Waals surface area contributed by atoms with Crippen LogP contribution >= 0.6 is 24.0 Å². The van der Waals surface area contributed by atoms with Gasteiger partial charge in [-0.15, -0.1) is 24.0 Å². The third kappa shape index (κ3) is 8.32. The quantitative estimate of drug-likeness (QED) is 0.187. The second-order valence-corrected chi connectivity index (χ2v) is 8.11. The number of hydrogen-bond donors (Lipinski definition) is 1. The van der Waals surface area contributed by atoms with Crippen molar-refractivity contribution >= 4 is 29.9 Å². The molecule has 6 nitrogen and oxygen atoms in total. The third-order valence-corrected chi connectivity index (χ3v) is 6.04. The second kappa shape index (κ2) is 14.0. The van der Waals surface area contributed by atoms with E-state index >= 15 is 0 Å². The topological polar surface area (TPSA) is 55.3 Å². The highest BCUT2D eigenvalue weighted by Crippen LogP contribution is 2.20. The summed E-state index contributed by atoms with van der Waals surface area (Å²) in [5, 5.41) is 3.48. The number of halogens is 1. The molecule has 2 heterocycles. The monoisotopic (exact) mass is 509 g/mol.